The first-order valence-electron chi connectivity index (χ1n) is 7.82. The fourth-order valence-corrected chi connectivity index (χ4v) is 2.87. The van der Waals surface area contributed by atoms with Crippen molar-refractivity contribution in [3.63, 3.8) is 0 Å². The summed E-state index contributed by atoms with van der Waals surface area (Å²) in [5, 5.41) is 10.1. The van der Waals surface area contributed by atoms with E-state index in [1.807, 2.05) is 6.92 Å². The number of hydrogen-bond acceptors (Lipinski definition) is 7. The summed E-state index contributed by atoms with van der Waals surface area (Å²) in [6.45, 7) is 1.90. The molecule has 2 aromatic rings. The van der Waals surface area contributed by atoms with Crippen molar-refractivity contribution in [2.75, 3.05) is 14.2 Å². The Balaban J connectivity index is 2.16. The van der Waals surface area contributed by atoms with Crippen molar-refractivity contribution in [1.82, 2.24) is 0 Å². The smallest absolute Gasteiger partial charge is 0.339 e. The van der Waals surface area contributed by atoms with Crippen molar-refractivity contribution in [2.45, 2.75) is 25.9 Å². The average Bonchev–Trinajstić information content (AvgIpc) is 2.95. The molecule has 1 N–H and O–H groups in total. The van der Waals surface area contributed by atoms with E-state index in [9.17, 15) is 14.7 Å². The van der Waals surface area contributed by atoms with E-state index in [0.717, 1.165) is 0 Å². The Morgan fingerprint density at radius 1 is 1.20 bits per heavy atom. The molecule has 0 aliphatic carbocycles. The summed E-state index contributed by atoms with van der Waals surface area (Å²) >= 11 is 0. The van der Waals surface area contributed by atoms with Gasteiger partial charge in [0.25, 0.3) is 0 Å². The van der Waals surface area contributed by atoms with Gasteiger partial charge in [0.15, 0.2) is 6.10 Å². The predicted molar refractivity (Wildman–Crippen MR) is 87.4 cm³/mol. The molecule has 7 heteroatoms. The number of rotatable bonds is 5. The molecule has 0 bridgehead atoms. The van der Waals surface area contributed by atoms with Crippen LogP contribution in [0.3, 0.4) is 0 Å². The highest BCUT2D eigenvalue weighted by atomic mass is 16.6. The Hall–Kier alpha value is -2.96. The lowest BCUT2D eigenvalue weighted by Gasteiger charge is -2.14. The third kappa shape index (κ3) is 2.71. The minimum absolute atomic E-state index is 0.0351. The van der Waals surface area contributed by atoms with Gasteiger partial charge in [-0.15, -0.1) is 0 Å². The Morgan fingerprint density at radius 3 is 2.60 bits per heavy atom. The molecule has 1 unspecified atom stereocenters. The van der Waals surface area contributed by atoms with Crippen molar-refractivity contribution in [1.29, 1.82) is 0 Å². The van der Waals surface area contributed by atoms with Crippen molar-refractivity contribution >= 4 is 5.97 Å². The van der Waals surface area contributed by atoms with Crippen LogP contribution >= 0.6 is 0 Å². The van der Waals surface area contributed by atoms with E-state index in [-0.39, 0.29) is 16.9 Å². The number of methoxy groups -OCH3 is 2. The summed E-state index contributed by atoms with van der Waals surface area (Å²) in [5.41, 5.74) is 0.0621. The monoisotopic (exact) mass is 346 g/mol. The molecule has 3 rings (SSSR count). The number of aryl methyl sites for hydroxylation is 1. The third-order valence-corrected chi connectivity index (χ3v) is 4.11. The van der Waals surface area contributed by atoms with Crippen LogP contribution in [0, 0.1) is 0 Å². The molecule has 1 aromatic carbocycles. The zero-order valence-electron chi connectivity index (χ0n) is 14.1. The lowest BCUT2D eigenvalue weighted by Crippen LogP contribution is -2.15. The Kier molecular flexibility index (Phi) is 4.39. The van der Waals surface area contributed by atoms with Crippen LogP contribution in [0.25, 0.3) is 0 Å². The number of benzene rings is 1. The fraction of sp³-hybridized carbons (Fsp3) is 0.333. The van der Waals surface area contributed by atoms with E-state index in [2.05, 4.69) is 0 Å². The van der Waals surface area contributed by atoms with Gasteiger partial charge in [-0.1, -0.05) is 6.92 Å². The summed E-state index contributed by atoms with van der Waals surface area (Å²) in [4.78, 5) is 24.7. The van der Waals surface area contributed by atoms with Gasteiger partial charge in [0.2, 0.25) is 11.2 Å². The van der Waals surface area contributed by atoms with Crippen LogP contribution < -0.4 is 14.9 Å². The van der Waals surface area contributed by atoms with Crippen molar-refractivity contribution < 1.29 is 28.5 Å². The molecule has 1 aliphatic heterocycles. The zero-order valence-corrected chi connectivity index (χ0v) is 14.1. The highest BCUT2D eigenvalue weighted by molar-refractivity contribution is 5.96. The summed E-state index contributed by atoms with van der Waals surface area (Å²) in [6, 6.07) is 3.12. The highest BCUT2D eigenvalue weighted by Gasteiger charge is 2.38. The van der Waals surface area contributed by atoms with Gasteiger partial charge in [-0.25, -0.2) is 4.79 Å². The molecule has 1 atom stereocenters. The SMILES string of the molecule is CCCc1occ(C2OC(=O)c3cc(OC)cc(OC)c32)c(=O)c1O. The van der Waals surface area contributed by atoms with E-state index >= 15 is 0 Å². The summed E-state index contributed by atoms with van der Waals surface area (Å²) < 4.78 is 21.2. The minimum atomic E-state index is -1.01. The van der Waals surface area contributed by atoms with Crippen LogP contribution in [0.4, 0.5) is 0 Å². The van der Waals surface area contributed by atoms with Crippen LogP contribution in [0.2, 0.25) is 0 Å². The van der Waals surface area contributed by atoms with Gasteiger partial charge in [0, 0.05) is 12.5 Å². The van der Waals surface area contributed by atoms with Gasteiger partial charge in [0.05, 0.1) is 30.9 Å². The van der Waals surface area contributed by atoms with Crippen LogP contribution in [-0.4, -0.2) is 25.3 Å². The quantitative estimate of drug-likeness (QED) is 0.831. The second-order valence-corrected chi connectivity index (χ2v) is 5.62. The third-order valence-electron chi connectivity index (χ3n) is 4.11. The van der Waals surface area contributed by atoms with Gasteiger partial charge in [0.1, 0.15) is 23.5 Å². The molecule has 0 amide bonds. The highest BCUT2D eigenvalue weighted by Crippen LogP contribution is 2.43. The first-order valence-corrected chi connectivity index (χ1v) is 7.82. The summed E-state index contributed by atoms with van der Waals surface area (Å²) in [6.07, 6.45) is 1.36. The van der Waals surface area contributed by atoms with Gasteiger partial charge < -0.3 is 23.7 Å². The second kappa shape index (κ2) is 6.51. The standard InChI is InChI=1S/C18H18O7/c1-4-5-12-16(20)15(19)11(8-24-12)17-14-10(18(21)25-17)6-9(22-2)7-13(14)23-3/h6-8,17,20H,4-5H2,1-3H3. The molecule has 132 valence electrons. The predicted octanol–water partition coefficient (Wildman–Crippen LogP) is 2.57. The first-order chi connectivity index (χ1) is 12.0. The molecule has 0 fully saturated rings. The van der Waals surface area contributed by atoms with E-state index in [0.29, 0.717) is 29.9 Å². The average molecular weight is 346 g/mol. The van der Waals surface area contributed by atoms with Crippen LogP contribution in [0.1, 0.15) is 46.7 Å². The Labute approximate surface area is 143 Å². The van der Waals surface area contributed by atoms with Crippen LogP contribution in [0.15, 0.2) is 27.6 Å². The van der Waals surface area contributed by atoms with E-state index in [1.54, 1.807) is 6.07 Å². The van der Waals surface area contributed by atoms with E-state index in [1.165, 1.54) is 26.5 Å². The largest absolute Gasteiger partial charge is 0.502 e. The van der Waals surface area contributed by atoms with Crippen molar-refractivity contribution in [2.24, 2.45) is 0 Å². The molecule has 0 saturated heterocycles. The number of cyclic esters (lactones) is 1. The first kappa shape index (κ1) is 16.9. The number of carbonyl (C=O) groups excluding carboxylic acids is 1. The molecule has 25 heavy (non-hydrogen) atoms. The molecule has 0 spiro atoms. The number of ether oxygens (including phenoxy) is 3. The van der Waals surface area contributed by atoms with Gasteiger partial charge in [-0.05, 0) is 12.5 Å². The van der Waals surface area contributed by atoms with E-state index < -0.39 is 23.3 Å². The van der Waals surface area contributed by atoms with E-state index in [4.69, 9.17) is 18.6 Å². The molecule has 1 aliphatic rings. The molecule has 0 saturated carbocycles. The van der Waals surface area contributed by atoms with Gasteiger partial charge >= 0.3 is 5.97 Å². The lowest BCUT2D eigenvalue weighted by atomic mass is 9.98. The maximum Gasteiger partial charge on any atom is 0.339 e. The van der Waals surface area contributed by atoms with Crippen LogP contribution in [-0.2, 0) is 11.2 Å². The maximum absolute atomic E-state index is 12.5. The Bertz CT molecular complexity index is 882. The molecular formula is C18H18O7. The molecule has 1 aromatic heterocycles. The van der Waals surface area contributed by atoms with Crippen molar-refractivity contribution in [3.8, 4) is 17.2 Å². The van der Waals surface area contributed by atoms with Gasteiger partial charge in [-0.2, -0.15) is 0 Å². The zero-order chi connectivity index (χ0) is 18.1. The van der Waals surface area contributed by atoms with Crippen LogP contribution in [0.5, 0.6) is 17.2 Å². The maximum atomic E-state index is 12.5. The molecule has 7 nitrogen and oxygen atoms in total. The molecular weight excluding hydrogens is 328 g/mol. The fourth-order valence-electron chi connectivity index (χ4n) is 2.87. The number of aromatic hydroxyl groups is 1. The molecule has 2 heterocycles. The number of carbonyl (C=O) groups is 1. The lowest BCUT2D eigenvalue weighted by molar-refractivity contribution is 0.0449. The minimum Gasteiger partial charge on any atom is -0.502 e. The second-order valence-electron chi connectivity index (χ2n) is 5.62. The number of hydrogen-bond donors (Lipinski definition) is 1. The Morgan fingerprint density at radius 2 is 1.96 bits per heavy atom. The topological polar surface area (TPSA) is 95.2 Å². The summed E-state index contributed by atoms with van der Waals surface area (Å²) in [7, 11) is 2.91. The normalized spacial score (nSPS) is 15.6. The summed E-state index contributed by atoms with van der Waals surface area (Å²) in [5.74, 6) is -0.0735. The molecule has 0 radical (unpaired) electrons. The number of esters is 1. The van der Waals surface area contributed by atoms with Gasteiger partial charge in [-0.3, -0.25) is 4.79 Å². The van der Waals surface area contributed by atoms with Crippen molar-refractivity contribution in [3.05, 3.63) is 51.1 Å². The number of fused-ring (bicyclic) bond motifs is 1.